The van der Waals surface area contributed by atoms with Crippen molar-refractivity contribution < 1.29 is 14.7 Å². The molecule has 0 bridgehead atoms. The minimum atomic E-state index is -0.896. The zero-order chi connectivity index (χ0) is 15.0. The molecule has 0 spiro atoms. The fraction of sp³-hybridized carbons (Fsp3) is 0.857. The highest BCUT2D eigenvalue weighted by Gasteiger charge is 2.20. The topological polar surface area (TPSA) is 69.6 Å². The zero-order valence-corrected chi connectivity index (χ0v) is 12.8. The quantitative estimate of drug-likeness (QED) is 0.670. The Balaban J connectivity index is 4.24. The van der Waals surface area contributed by atoms with Crippen LogP contribution in [-0.4, -0.2) is 47.6 Å². The molecule has 0 saturated heterocycles. The number of hydrogen-bond donors (Lipinski definition) is 2. The van der Waals surface area contributed by atoms with Gasteiger partial charge >= 0.3 is 5.97 Å². The second kappa shape index (κ2) is 8.91. The van der Waals surface area contributed by atoms with Gasteiger partial charge in [-0.2, -0.15) is 0 Å². The van der Waals surface area contributed by atoms with Crippen molar-refractivity contribution in [3.8, 4) is 0 Å². The van der Waals surface area contributed by atoms with Crippen LogP contribution in [0, 0.1) is 5.92 Å². The standard InChI is InChI=1S/C14H28N2O3/c1-6-7-12(14(18)19)15-9-13(17)16(5)11(4)8-10(2)3/h10-12,15H,6-9H2,1-5H3,(H,18,19). The number of carbonyl (C=O) groups excluding carboxylic acids is 1. The van der Waals surface area contributed by atoms with Gasteiger partial charge in [0.1, 0.15) is 6.04 Å². The summed E-state index contributed by atoms with van der Waals surface area (Å²) in [4.78, 5) is 24.6. The van der Waals surface area contributed by atoms with E-state index in [9.17, 15) is 9.59 Å². The molecule has 0 radical (unpaired) electrons. The molecule has 112 valence electrons. The molecule has 19 heavy (non-hydrogen) atoms. The number of carboxylic acid groups (broad SMARTS) is 1. The molecule has 0 fully saturated rings. The van der Waals surface area contributed by atoms with E-state index < -0.39 is 12.0 Å². The van der Waals surface area contributed by atoms with Crippen LogP contribution in [0.1, 0.15) is 47.0 Å². The van der Waals surface area contributed by atoms with Gasteiger partial charge in [0.2, 0.25) is 5.91 Å². The van der Waals surface area contributed by atoms with E-state index in [1.54, 1.807) is 11.9 Å². The summed E-state index contributed by atoms with van der Waals surface area (Å²) in [7, 11) is 1.77. The predicted molar refractivity (Wildman–Crippen MR) is 76.0 cm³/mol. The summed E-state index contributed by atoms with van der Waals surface area (Å²) in [5, 5.41) is 11.8. The number of nitrogens with one attached hydrogen (secondary N) is 1. The Hall–Kier alpha value is -1.10. The molecule has 0 aliphatic rings. The van der Waals surface area contributed by atoms with Gasteiger partial charge in [-0.05, 0) is 25.7 Å². The predicted octanol–water partition coefficient (Wildman–Crippen LogP) is 1.72. The first-order valence-corrected chi connectivity index (χ1v) is 7.01. The molecule has 1 amide bonds. The maximum atomic E-state index is 12.0. The van der Waals surface area contributed by atoms with E-state index in [1.165, 1.54) is 0 Å². The Bertz CT molecular complexity index is 292. The number of hydrogen-bond acceptors (Lipinski definition) is 3. The number of amides is 1. The molecule has 2 atom stereocenters. The Labute approximate surface area is 116 Å². The zero-order valence-electron chi connectivity index (χ0n) is 12.8. The summed E-state index contributed by atoms with van der Waals surface area (Å²) in [6.45, 7) is 8.26. The Morgan fingerprint density at radius 3 is 2.26 bits per heavy atom. The van der Waals surface area contributed by atoms with Gasteiger partial charge in [0.15, 0.2) is 0 Å². The van der Waals surface area contributed by atoms with Crippen molar-refractivity contribution in [3.05, 3.63) is 0 Å². The number of nitrogens with zero attached hydrogens (tertiary/aromatic N) is 1. The van der Waals surface area contributed by atoms with Gasteiger partial charge < -0.3 is 10.0 Å². The molecule has 0 aliphatic heterocycles. The lowest BCUT2D eigenvalue weighted by atomic mass is 10.0. The summed E-state index contributed by atoms with van der Waals surface area (Å²) < 4.78 is 0. The third-order valence-electron chi connectivity index (χ3n) is 3.24. The Kier molecular flexibility index (Phi) is 8.39. The molecule has 0 aliphatic carbocycles. The van der Waals surface area contributed by atoms with Crippen molar-refractivity contribution in [2.75, 3.05) is 13.6 Å². The molecule has 0 saturated carbocycles. The number of rotatable bonds is 9. The lowest BCUT2D eigenvalue weighted by molar-refractivity contribution is -0.140. The third kappa shape index (κ3) is 7.15. The number of likely N-dealkylation sites (N-methyl/N-ethyl adjacent to an activating group) is 1. The third-order valence-corrected chi connectivity index (χ3v) is 3.24. The van der Waals surface area contributed by atoms with E-state index >= 15 is 0 Å². The summed E-state index contributed by atoms with van der Waals surface area (Å²) in [6, 6.07) is -0.466. The fourth-order valence-electron chi connectivity index (χ4n) is 2.02. The Morgan fingerprint density at radius 1 is 1.26 bits per heavy atom. The second-order valence-electron chi connectivity index (χ2n) is 5.54. The van der Waals surface area contributed by atoms with Gasteiger partial charge in [-0.1, -0.05) is 27.2 Å². The molecule has 2 unspecified atom stereocenters. The van der Waals surface area contributed by atoms with Crippen molar-refractivity contribution in [1.29, 1.82) is 0 Å². The second-order valence-corrected chi connectivity index (χ2v) is 5.54. The molecule has 0 rings (SSSR count). The minimum absolute atomic E-state index is 0.0597. The van der Waals surface area contributed by atoms with E-state index in [1.807, 2.05) is 13.8 Å². The molecule has 2 N–H and O–H groups in total. The van der Waals surface area contributed by atoms with Crippen molar-refractivity contribution in [1.82, 2.24) is 10.2 Å². The molecule has 0 aromatic heterocycles. The average molecular weight is 272 g/mol. The van der Waals surface area contributed by atoms with E-state index in [2.05, 4.69) is 19.2 Å². The first-order chi connectivity index (χ1) is 8.79. The summed E-state index contributed by atoms with van der Waals surface area (Å²) in [5.74, 6) is -0.423. The summed E-state index contributed by atoms with van der Waals surface area (Å²) in [5.41, 5.74) is 0. The Morgan fingerprint density at radius 2 is 1.84 bits per heavy atom. The average Bonchev–Trinajstić information content (AvgIpc) is 2.31. The van der Waals surface area contributed by atoms with Crippen LogP contribution in [0.2, 0.25) is 0 Å². The van der Waals surface area contributed by atoms with Gasteiger partial charge in [0, 0.05) is 13.1 Å². The number of aliphatic carboxylic acids is 1. The van der Waals surface area contributed by atoms with Crippen LogP contribution in [0.15, 0.2) is 0 Å². The molecule has 0 heterocycles. The first-order valence-electron chi connectivity index (χ1n) is 7.01. The van der Waals surface area contributed by atoms with Crippen LogP contribution in [-0.2, 0) is 9.59 Å². The van der Waals surface area contributed by atoms with Crippen LogP contribution >= 0.6 is 0 Å². The van der Waals surface area contributed by atoms with Gasteiger partial charge in [-0.15, -0.1) is 0 Å². The van der Waals surface area contributed by atoms with E-state index in [0.29, 0.717) is 12.3 Å². The fourth-order valence-corrected chi connectivity index (χ4v) is 2.02. The number of carbonyl (C=O) groups is 2. The summed E-state index contributed by atoms with van der Waals surface area (Å²) in [6.07, 6.45) is 2.26. The van der Waals surface area contributed by atoms with Crippen molar-refractivity contribution in [3.63, 3.8) is 0 Å². The summed E-state index contributed by atoms with van der Waals surface area (Å²) >= 11 is 0. The van der Waals surface area contributed by atoms with E-state index in [0.717, 1.165) is 12.8 Å². The van der Waals surface area contributed by atoms with Crippen molar-refractivity contribution >= 4 is 11.9 Å². The van der Waals surface area contributed by atoms with Crippen LogP contribution in [0.25, 0.3) is 0 Å². The first kappa shape index (κ1) is 17.9. The lowest BCUT2D eigenvalue weighted by Crippen LogP contribution is -2.46. The largest absolute Gasteiger partial charge is 0.480 e. The smallest absolute Gasteiger partial charge is 0.320 e. The number of carboxylic acids is 1. The van der Waals surface area contributed by atoms with Crippen LogP contribution in [0.5, 0.6) is 0 Å². The maximum Gasteiger partial charge on any atom is 0.320 e. The molecule has 0 aromatic rings. The van der Waals surface area contributed by atoms with Gasteiger partial charge in [-0.3, -0.25) is 14.9 Å². The van der Waals surface area contributed by atoms with Crippen molar-refractivity contribution in [2.45, 2.75) is 59.0 Å². The van der Waals surface area contributed by atoms with E-state index in [-0.39, 0.29) is 18.5 Å². The minimum Gasteiger partial charge on any atom is -0.480 e. The molecule has 5 nitrogen and oxygen atoms in total. The highest BCUT2D eigenvalue weighted by molar-refractivity contribution is 5.80. The highest BCUT2D eigenvalue weighted by atomic mass is 16.4. The highest BCUT2D eigenvalue weighted by Crippen LogP contribution is 2.09. The van der Waals surface area contributed by atoms with Gasteiger partial charge in [0.25, 0.3) is 0 Å². The maximum absolute atomic E-state index is 12.0. The van der Waals surface area contributed by atoms with Crippen LogP contribution in [0.3, 0.4) is 0 Å². The van der Waals surface area contributed by atoms with E-state index in [4.69, 9.17) is 5.11 Å². The van der Waals surface area contributed by atoms with Crippen molar-refractivity contribution in [2.24, 2.45) is 5.92 Å². The van der Waals surface area contributed by atoms with Gasteiger partial charge in [-0.25, -0.2) is 0 Å². The van der Waals surface area contributed by atoms with Crippen LogP contribution in [0.4, 0.5) is 0 Å². The van der Waals surface area contributed by atoms with Crippen LogP contribution < -0.4 is 5.32 Å². The monoisotopic (exact) mass is 272 g/mol. The molecular formula is C14H28N2O3. The molecule has 0 aromatic carbocycles. The molecular weight excluding hydrogens is 244 g/mol. The normalized spacial score (nSPS) is 14.2. The lowest BCUT2D eigenvalue weighted by Gasteiger charge is -2.27. The SMILES string of the molecule is CCCC(NCC(=O)N(C)C(C)CC(C)C)C(=O)O. The molecule has 5 heteroatoms. The van der Waals surface area contributed by atoms with Gasteiger partial charge in [0.05, 0.1) is 6.54 Å².